The van der Waals surface area contributed by atoms with Crippen LogP contribution < -0.4 is 5.73 Å². The van der Waals surface area contributed by atoms with E-state index in [4.69, 9.17) is 10.8 Å². The largest absolute Gasteiger partial charge is 0.478 e. The lowest BCUT2D eigenvalue weighted by molar-refractivity contribution is 0.0697. The van der Waals surface area contributed by atoms with Crippen molar-refractivity contribution in [1.82, 2.24) is 9.97 Å². The number of aromatic nitrogens is 2. The summed E-state index contributed by atoms with van der Waals surface area (Å²) in [6, 6.07) is 6.76. The Bertz CT molecular complexity index is 561. The van der Waals surface area contributed by atoms with Crippen molar-refractivity contribution in [3.05, 3.63) is 35.5 Å². The first kappa shape index (κ1) is 11.2. The third-order valence-electron chi connectivity index (χ3n) is 2.56. The molecule has 1 heterocycles. The Kier molecular flexibility index (Phi) is 2.82. The summed E-state index contributed by atoms with van der Waals surface area (Å²) < 4.78 is 0. The van der Waals surface area contributed by atoms with Crippen LogP contribution in [0, 0.1) is 0 Å². The van der Waals surface area contributed by atoms with E-state index in [9.17, 15) is 4.79 Å². The van der Waals surface area contributed by atoms with Gasteiger partial charge >= 0.3 is 5.97 Å². The number of H-pyrrole nitrogens is 1. The predicted molar refractivity (Wildman–Crippen MR) is 64.8 cm³/mol. The van der Waals surface area contributed by atoms with Gasteiger partial charge in [0.25, 0.3) is 0 Å². The van der Waals surface area contributed by atoms with Gasteiger partial charge in [0, 0.05) is 11.3 Å². The maximum Gasteiger partial charge on any atom is 0.336 e. The van der Waals surface area contributed by atoms with Crippen LogP contribution in [0.2, 0.25) is 0 Å². The molecule has 0 aliphatic rings. The fraction of sp³-hybridized carbons (Fsp3) is 0.167. The molecule has 2 rings (SSSR count). The second-order valence-corrected chi connectivity index (χ2v) is 3.65. The molecule has 0 unspecified atom stereocenters. The molecule has 5 heteroatoms. The Morgan fingerprint density at radius 3 is 2.82 bits per heavy atom. The molecular formula is C12H13N3O2. The molecule has 88 valence electrons. The van der Waals surface area contributed by atoms with Crippen molar-refractivity contribution in [2.75, 3.05) is 5.73 Å². The lowest BCUT2D eigenvalue weighted by atomic mass is 10.0. The van der Waals surface area contributed by atoms with Gasteiger partial charge in [0.15, 0.2) is 5.95 Å². The summed E-state index contributed by atoms with van der Waals surface area (Å²) in [5, 5.41) is 9.13. The van der Waals surface area contributed by atoms with E-state index in [2.05, 4.69) is 9.97 Å². The summed E-state index contributed by atoms with van der Waals surface area (Å²) >= 11 is 0. The van der Waals surface area contributed by atoms with Gasteiger partial charge in [-0.05, 0) is 12.5 Å². The van der Waals surface area contributed by atoms with Gasteiger partial charge in [-0.25, -0.2) is 9.78 Å². The second-order valence-electron chi connectivity index (χ2n) is 3.65. The zero-order chi connectivity index (χ0) is 12.4. The molecule has 0 saturated carbocycles. The van der Waals surface area contributed by atoms with Crippen LogP contribution in [0.15, 0.2) is 24.3 Å². The average Bonchev–Trinajstić information content (AvgIpc) is 2.70. The molecule has 0 saturated heterocycles. The number of imidazole rings is 1. The maximum absolute atomic E-state index is 11.1. The number of aromatic amines is 1. The summed E-state index contributed by atoms with van der Waals surface area (Å²) in [5.74, 6) is -0.665. The molecule has 4 N–H and O–H groups in total. The molecule has 1 aromatic heterocycles. The topological polar surface area (TPSA) is 92.0 Å². The molecule has 17 heavy (non-hydrogen) atoms. The van der Waals surface area contributed by atoms with Gasteiger partial charge in [-0.15, -0.1) is 0 Å². The van der Waals surface area contributed by atoms with E-state index in [1.54, 1.807) is 24.3 Å². The van der Waals surface area contributed by atoms with Gasteiger partial charge in [-0.1, -0.05) is 25.1 Å². The first-order valence-corrected chi connectivity index (χ1v) is 5.30. The van der Waals surface area contributed by atoms with Gasteiger partial charge in [-0.2, -0.15) is 0 Å². The molecule has 5 nitrogen and oxygen atoms in total. The number of rotatable bonds is 3. The third-order valence-corrected chi connectivity index (χ3v) is 2.56. The van der Waals surface area contributed by atoms with Crippen molar-refractivity contribution < 1.29 is 9.90 Å². The van der Waals surface area contributed by atoms with Crippen molar-refractivity contribution in [3.8, 4) is 11.3 Å². The van der Waals surface area contributed by atoms with Gasteiger partial charge < -0.3 is 15.8 Å². The highest BCUT2D eigenvalue weighted by Crippen LogP contribution is 2.26. The smallest absolute Gasteiger partial charge is 0.336 e. The zero-order valence-corrected chi connectivity index (χ0v) is 9.40. The number of carboxylic acid groups (broad SMARTS) is 1. The van der Waals surface area contributed by atoms with E-state index in [0.717, 1.165) is 5.69 Å². The van der Waals surface area contributed by atoms with Gasteiger partial charge in [-0.3, -0.25) is 0 Å². The summed E-state index contributed by atoms with van der Waals surface area (Å²) in [6.07, 6.45) is 0.716. The lowest BCUT2D eigenvalue weighted by Crippen LogP contribution is -2.00. The zero-order valence-electron chi connectivity index (χ0n) is 9.40. The molecule has 0 amide bonds. The number of anilines is 1. The Morgan fingerprint density at radius 2 is 2.18 bits per heavy atom. The highest BCUT2D eigenvalue weighted by Gasteiger charge is 2.16. The number of carboxylic acids is 1. The molecule has 0 aliphatic carbocycles. The monoisotopic (exact) mass is 231 g/mol. The highest BCUT2D eigenvalue weighted by atomic mass is 16.4. The average molecular weight is 231 g/mol. The molecule has 0 atom stereocenters. The number of hydrogen-bond donors (Lipinski definition) is 3. The molecular weight excluding hydrogens is 218 g/mol. The molecule has 2 aromatic rings. The third kappa shape index (κ3) is 1.99. The van der Waals surface area contributed by atoms with Crippen LogP contribution in [0.4, 0.5) is 5.95 Å². The van der Waals surface area contributed by atoms with Crippen LogP contribution in [-0.4, -0.2) is 21.0 Å². The van der Waals surface area contributed by atoms with Gasteiger partial charge in [0.1, 0.15) is 0 Å². The van der Waals surface area contributed by atoms with Gasteiger partial charge in [0.2, 0.25) is 0 Å². The number of aromatic carboxylic acids is 1. The Morgan fingerprint density at radius 1 is 1.47 bits per heavy atom. The Balaban J connectivity index is 2.63. The fourth-order valence-corrected chi connectivity index (χ4v) is 1.78. The summed E-state index contributed by atoms with van der Waals surface area (Å²) in [7, 11) is 0. The van der Waals surface area contributed by atoms with E-state index in [1.165, 1.54) is 0 Å². The number of hydrogen-bond acceptors (Lipinski definition) is 3. The van der Waals surface area contributed by atoms with E-state index < -0.39 is 5.97 Å². The normalized spacial score (nSPS) is 10.4. The molecule has 0 radical (unpaired) electrons. The SMILES string of the molecule is CCc1[nH]c(N)nc1-c1ccccc1C(=O)O. The predicted octanol–water partition coefficient (Wildman–Crippen LogP) is 1.92. The molecule has 0 spiro atoms. The van der Waals surface area contributed by atoms with E-state index in [0.29, 0.717) is 23.6 Å². The molecule has 1 aromatic carbocycles. The standard InChI is InChI=1S/C12H13N3O2/c1-2-9-10(15-12(13)14-9)7-5-3-4-6-8(7)11(16)17/h3-6H,2H2,1H3,(H,16,17)(H3,13,14,15). The summed E-state index contributed by atoms with van der Waals surface area (Å²) in [5.41, 5.74) is 7.88. The van der Waals surface area contributed by atoms with E-state index >= 15 is 0 Å². The van der Waals surface area contributed by atoms with Crippen molar-refractivity contribution in [3.63, 3.8) is 0 Å². The number of nitrogens with two attached hydrogens (primary N) is 1. The van der Waals surface area contributed by atoms with E-state index in [-0.39, 0.29) is 5.56 Å². The molecule has 0 fully saturated rings. The number of carbonyl (C=O) groups is 1. The van der Waals surface area contributed by atoms with Crippen molar-refractivity contribution in [2.45, 2.75) is 13.3 Å². The number of benzene rings is 1. The summed E-state index contributed by atoms with van der Waals surface area (Å²) in [6.45, 7) is 1.96. The van der Waals surface area contributed by atoms with Crippen LogP contribution in [-0.2, 0) is 6.42 Å². The minimum absolute atomic E-state index is 0.230. The van der Waals surface area contributed by atoms with Crippen LogP contribution in [0.25, 0.3) is 11.3 Å². The molecule has 0 bridgehead atoms. The first-order valence-electron chi connectivity index (χ1n) is 5.30. The van der Waals surface area contributed by atoms with Crippen molar-refractivity contribution in [1.29, 1.82) is 0 Å². The van der Waals surface area contributed by atoms with Crippen molar-refractivity contribution in [2.24, 2.45) is 0 Å². The van der Waals surface area contributed by atoms with Crippen LogP contribution >= 0.6 is 0 Å². The summed E-state index contributed by atoms with van der Waals surface area (Å²) in [4.78, 5) is 18.2. The van der Waals surface area contributed by atoms with Crippen LogP contribution in [0.3, 0.4) is 0 Å². The van der Waals surface area contributed by atoms with Crippen LogP contribution in [0.5, 0.6) is 0 Å². The number of nitrogens with zero attached hydrogens (tertiary/aromatic N) is 1. The number of nitrogen functional groups attached to an aromatic ring is 1. The Labute approximate surface area is 98.3 Å². The maximum atomic E-state index is 11.1. The first-order chi connectivity index (χ1) is 8.13. The number of aryl methyl sites for hydroxylation is 1. The minimum Gasteiger partial charge on any atom is -0.478 e. The quantitative estimate of drug-likeness (QED) is 0.752. The lowest BCUT2D eigenvalue weighted by Gasteiger charge is -2.04. The number of nitrogens with one attached hydrogen (secondary N) is 1. The fourth-order valence-electron chi connectivity index (χ4n) is 1.78. The van der Waals surface area contributed by atoms with Gasteiger partial charge in [0.05, 0.1) is 11.3 Å². The minimum atomic E-state index is -0.968. The highest BCUT2D eigenvalue weighted by molar-refractivity contribution is 5.95. The Hall–Kier alpha value is -2.30. The van der Waals surface area contributed by atoms with Crippen LogP contribution in [0.1, 0.15) is 23.0 Å². The molecule has 0 aliphatic heterocycles. The van der Waals surface area contributed by atoms with Crippen molar-refractivity contribution >= 4 is 11.9 Å². The van der Waals surface area contributed by atoms with E-state index in [1.807, 2.05) is 6.92 Å². The second kappa shape index (κ2) is 4.29.